The minimum Gasteiger partial charge on any atom is -0.299 e. The zero-order valence-electron chi connectivity index (χ0n) is 13.3. The van der Waals surface area contributed by atoms with Crippen molar-refractivity contribution in [2.24, 2.45) is 17.8 Å². The molecule has 2 amide bonds. The molecule has 1 saturated heterocycles. The monoisotopic (exact) mass is 281 g/mol. The average molecular weight is 281 g/mol. The summed E-state index contributed by atoms with van der Waals surface area (Å²) in [6.07, 6.45) is 2.56. The normalized spacial score (nSPS) is 22.5. The van der Waals surface area contributed by atoms with Gasteiger partial charge in [0, 0.05) is 30.7 Å². The van der Waals surface area contributed by atoms with Gasteiger partial charge in [0.2, 0.25) is 11.8 Å². The predicted molar refractivity (Wildman–Crippen MR) is 78.0 cm³/mol. The fourth-order valence-corrected chi connectivity index (χ4v) is 2.61. The number of imide groups is 1. The molecule has 0 aromatic carbocycles. The lowest BCUT2D eigenvalue weighted by Gasteiger charge is -2.24. The predicted octanol–water partition coefficient (Wildman–Crippen LogP) is 2.80. The SMILES string of the molecule is CC(CCC(C)N1C(=O)CC(C)C1=O)CC(=O)C(C)C. The Morgan fingerprint density at radius 1 is 1.20 bits per heavy atom. The second kappa shape index (κ2) is 7.00. The van der Waals surface area contributed by atoms with Crippen LogP contribution in [0.5, 0.6) is 0 Å². The molecule has 1 heterocycles. The molecule has 1 fully saturated rings. The van der Waals surface area contributed by atoms with E-state index >= 15 is 0 Å². The number of carbonyl (C=O) groups is 3. The maximum Gasteiger partial charge on any atom is 0.232 e. The summed E-state index contributed by atoms with van der Waals surface area (Å²) in [5.41, 5.74) is 0. The van der Waals surface area contributed by atoms with Gasteiger partial charge in [0.15, 0.2) is 0 Å². The van der Waals surface area contributed by atoms with E-state index in [1.165, 1.54) is 4.90 Å². The summed E-state index contributed by atoms with van der Waals surface area (Å²) in [4.78, 5) is 36.8. The van der Waals surface area contributed by atoms with Gasteiger partial charge >= 0.3 is 0 Å². The van der Waals surface area contributed by atoms with Crippen molar-refractivity contribution >= 4 is 17.6 Å². The summed E-state index contributed by atoms with van der Waals surface area (Å²) in [6.45, 7) is 9.62. The standard InChI is InChI=1S/C16H27NO3/c1-10(2)14(18)8-11(3)6-7-13(5)17-15(19)9-12(4)16(17)20/h10-13H,6-9H2,1-5H3. The van der Waals surface area contributed by atoms with E-state index in [4.69, 9.17) is 0 Å². The largest absolute Gasteiger partial charge is 0.299 e. The van der Waals surface area contributed by atoms with Crippen LogP contribution >= 0.6 is 0 Å². The van der Waals surface area contributed by atoms with Gasteiger partial charge in [-0.15, -0.1) is 0 Å². The first-order valence-electron chi connectivity index (χ1n) is 7.62. The van der Waals surface area contributed by atoms with Crippen molar-refractivity contribution in [2.45, 2.75) is 66.3 Å². The van der Waals surface area contributed by atoms with Crippen molar-refractivity contribution in [3.63, 3.8) is 0 Å². The van der Waals surface area contributed by atoms with Gasteiger partial charge in [0.05, 0.1) is 0 Å². The Morgan fingerprint density at radius 2 is 1.80 bits per heavy atom. The lowest BCUT2D eigenvalue weighted by molar-refractivity contribution is -0.141. The zero-order chi connectivity index (χ0) is 15.4. The van der Waals surface area contributed by atoms with Crippen molar-refractivity contribution in [1.29, 1.82) is 0 Å². The summed E-state index contributed by atoms with van der Waals surface area (Å²) in [7, 11) is 0. The van der Waals surface area contributed by atoms with Gasteiger partial charge in [-0.05, 0) is 25.7 Å². The number of amides is 2. The second-order valence-corrected chi connectivity index (χ2v) is 6.56. The molecule has 0 aromatic heterocycles. The van der Waals surface area contributed by atoms with E-state index in [0.717, 1.165) is 12.8 Å². The van der Waals surface area contributed by atoms with Crippen molar-refractivity contribution < 1.29 is 14.4 Å². The van der Waals surface area contributed by atoms with Crippen LogP contribution in [-0.4, -0.2) is 28.5 Å². The molecule has 0 aliphatic carbocycles. The number of hydrogen-bond acceptors (Lipinski definition) is 3. The molecular formula is C16H27NO3. The maximum atomic E-state index is 11.9. The molecule has 1 aliphatic heterocycles. The van der Waals surface area contributed by atoms with Crippen LogP contribution in [0.25, 0.3) is 0 Å². The Labute approximate surface area is 121 Å². The van der Waals surface area contributed by atoms with Crippen LogP contribution in [0.15, 0.2) is 0 Å². The molecule has 3 atom stereocenters. The highest BCUT2D eigenvalue weighted by molar-refractivity contribution is 6.03. The summed E-state index contributed by atoms with van der Waals surface area (Å²) in [5, 5.41) is 0. The molecule has 1 aliphatic rings. The third-order valence-corrected chi connectivity index (χ3v) is 4.12. The van der Waals surface area contributed by atoms with Crippen LogP contribution in [0.3, 0.4) is 0 Å². The number of nitrogens with zero attached hydrogens (tertiary/aromatic N) is 1. The number of likely N-dealkylation sites (tertiary alicyclic amines) is 1. The van der Waals surface area contributed by atoms with Crippen molar-refractivity contribution in [3.05, 3.63) is 0 Å². The van der Waals surface area contributed by atoms with Crippen LogP contribution in [0, 0.1) is 17.8 Å². The number of hydrogen-bond donors (Lipinski definition) is 0. The molecule has 0 spiro atoms. The Kier molecular flexibility index (Phi) is 5.90. The van der Waals surface area contributed by atoms with Crippen LogP contribution in [0.1, 0.15) is 60.3 Å². The second-order valence-electron chi connectivity index (χ2n) is 6.56. The van der Waals surface area contributed by atoms with Gasteiger partial charge in [-0.3, -0.25) is 19.3 Å². The molecule has 4 nitrogen and oxygen atoms in total. The highest BCUT2D eigenvalue weighted by Crippen LogP contribution is 2.24. The number of Topliss-reactive ketones (excluding diaryl/α,β-unsaturated/α-hetero) is 1. The fourth-order valence-electron chi connectivity index (χ4n) is 2.61. The molecule has 0 N–H and O–H groups in total. The zero-order valence-corrected chi connectivity index (χ0v) is 13.3. The molecular weight excluding hydrogens is 254 g/mol. The van der Waals surface area contributed by atoms with E-state index in [1.54, 1.807) is 6.92 Å². The third-order valence-electron chi connectivity index (χ3n) is 4.12. The van der Waals surface area contributed by atoms with Crippen molar-refractivity contribution in [1.82, 2.24) is 4.90 Å². The van der Waals surface area contributed by atoms with E-state index in [0.29, 0.717) is 18.8 Å². The molecule has 0 aromatic rings. The van der Waals surface area contributed by atoms with Gasteiger partial charge in [0.25, 0.3) is 0 Å². The summed E-state index contributed by atoms with van der Waals surface area (Å²) < 4.78 is 0. The first-order chi connectivity index (χ1) is 9.23. The molecule has 4 heteroatoms. The smallest absolute Gasteiger partial charge is 0.232 e. The van der Waals surface area contributed by atoms with Crippen molar-refractivity contribution in [3.8, 4) is 0 Å². The van der Waals surface area contributed by atoms with E-state index in [-0.39, 0.29) is 35.5 Å². The molecule has 114 valence electrons. The minimum absolute atomic E-state index is 0.0478. The highest BCUT2D eigenvalue weighted by Gasteiger charge is 2.38. The molecule has 20 heavy (non-hydrogen) atoms. The molecule has 1 rings (SSSR count). The molecule has 0 saturated carbocycles. The third kappa shape index (κ3) is 4.15. The number of rotatable bonds is 7. The van der Waals surface area contributed by atoms with Gasteiger partial charge in [-0.1, -0.05) is 27.7 Å². The van der Waals surface area contributed by atoms with E-state index < -0.39 is 0 Å². The number of ketones is 1. The average Bonchev–Trinajstić information content (AvgIpc) is 2.60. The van der Waals surface area contributed by atoms with Gasteiger partial charge in [-0.2, -0.15) is 0 Å². The van der Waals surface area contributed by atoms with Crippen LogP contribution < -0.4 is 0 Å². The first-order valence-corrected chi connectivity index (χ1v) is 7.62. The molecule has 0 bridgehead atoms. The van der Waals surface area contributed by atoms with Crippen LogP contribution in [0.4, 0.5) is 0 Å². The molecule has 3 unspecified atom stereocenters. The van der Waals surface area contributed by atoms with E-state index in [9.17, 15) is 14.4 Å². The van der Waals surface area contributed by atoms with Gasteiger partial charge in [0.1, 0.15) is 5.78 Å². The Balaban J connectivity index is 2.43. The number of carbonyl (C=O) groups excluding carboxylic acids is 3. The minimum atomic E-state index is -0.176. The Bertz CT molecular complexity index is 389. The fraction of sp³-hybridized carbons (Fsp3) is 0.812. The summed E-state index contributed by atoms with van der Waals surface area (Å²) in [6, 6.07) is -0.0587. The van der Waals surface area contributed by atoms with Gasteiger partial charge < -0.3 is 0 Å². The maximum absolute atomic E-state index is 11.9. The van der Waals surface area contributed by atoms with Crippen LogP contribution in [-0.2, 0) is 14.4 Å². The van der Waals surface area contributed by atoms with E-state index in [2.05, 4.69) is 6.92 Å². The van der Waals surface area contributed by atoms with Crippen LogP contribution in [0.2, 0.25) is 0 Å². The summed E-state index contributed by atoms with van der Waals surface area (Å²) >= 11 is 0. The van der Waals surface area contributed by atoms with Gasteiger partial charge in [-0.25, -0.2) is 0 Å². The molecule has 0 radical (unpaired) electrons. The topological polar surface area (TPSA) is 54.5 Å². The lowest BCUT2D eigenvalue weighted by atomic mass is 9.93. The highest BCUT2D eigenvalue weighted by atomic mass is 16.2. The summed E-state index contributed by atoms with van der Waals surface area (Å²) in [5.74, 6) is 0.390. The Morgan fingerprint density at radius 3 is 2.25 bits per heavy atom. The first kappa shape index (κ1) is 16.9. The quantitative estimate of drug-likeness (QED) is 0.674. The Hall–Kier alpha value is -1.19. The lowest BCUT2D eigenvalue weighted by Crippen LogP contribution is -2.38. The van der Waals surface area contributed by atoms with E-state index in [1.807, 2.05) is 20.8 Å². The van der Waals surface area contributed by atoms with Crippen molar-refractivity contribution in [2.75, 3.05) is 0 Å².